The number of hydrogen-bond acceptors (Lipinski definition) is 5. The molecule has 2 heterocycles. The number of ether oxygens (including phenoxy) is 1. The van der Waals surface area contributed by atoms with Crippen LogP contribution in [-0.4, -0.2) is 18.6 Å². The fourth-order valence-corrected chi connectivity index (χ4v) is 3.42. The normalized spacial score (nSPS) is 19.8. The highest BCUT2D eigenvalue weighted by Gasteiger charge is 2.25. The summed E-state index contributed by atoms with van der Waals surface area (Å²) in [5, 5.41) is 8.66. The van der Waals surface area contributed by atoms with E-state index in [1.807, 2.05) is 18.2 Å². The summed E-state index contributed by atoms with van der Waals surface area (Å²) in [5.74, 6) is 0.766. The van der Waals surface area contributed by atoms with Crippen molar-refractivity contribution in [1.82, 2.24) is 4.98 Å². The van der Waals surface area contributed by atoms with Gasteiger partial charge in [0.05, 0.1) is 25.3 Å². The second kappa shape index (κ2) is 6.86. The quantitative estimate of drug-likeness (QED) is 0.616. The zero-order valence-corrected chi connectivity index (χ0v) is 14.8. The van der Waals surface area contributed by atoms with E-state index in [9.17, 15) is 4.39 Å². The lowest BCUT2D eigenvalue weighted by atomic mass is 9.88. The summed E-state index contributed by atoms with van der Waals surface area (Å²) >= 11 is 0. The van der Waals surface area contributed by atoms with Crippen molar-refractivity contribution in [3.63, 3.8) is 0 Å². The van der Waals surface area contributed by atoms with Crippen LogP contribution < -0.4 is 4.74 Å². The molecule has 0 bridgehead atoms. The van der Waals surface area contributed by atoms with Gasteiger partial charge in [-0.3, -0.25) is 0 Å². The number of rotatable bonds is 4. The Morgan fingerprint density at radius 3 is 2.88 bits per heavy atom. The van der Waals surface area contributed by atoms with Gasteiger partial charge < -0.3 is 9.15 Å². The summed E-state index contributed by atoms with van der Waals surface area (Å²) in [6, 6.07) is 10.5. The zero-order chi connectivity index (χ0) is 18.1. The van der Waals surface area contributed by atoms with Crippen LogP contribution >= 0.6 is 0 Å². The lowest BCUT2D eigenvalue weighted by molar-refractivity contribution is 0.350. The van der Waals surface area contributed by atoms with Crippen LogP contribution in [0.25, 0.3) is 22.6 Å². The van der Waals surface area contributed by atoms with Gasteiger partial charge in [0.1, 0.15) is 17.1 Å². The smallest absolute Gasteiger partial charge is 0.230 e. The number of methoxy groups -OCH3 is 1. The van der Waals surface area contributed by atoms with Crippen molar-refractivity contribution < 1.29 is 13.5 Å². The second-order valence-corrected chi connectivity index (χ2v) is 6.47. The Balaban J connectivity index is 1.72. The minimum Gasteiger partial charge on any atom is -0.497 e. The van der Waals surface area contributed by atoms with Crippen molar-refractivity contribution in [1.29, 1.82) is 0 Å². The Hall–Kier alpha value is -2.76. The van der Waals surface area contributed by atoms with Gasteiger partial charge in [-0.2, -0.15) is 10.2 Å². The van der Waals surface area contributed by atoms with Crippen LogP contribution in [0.1, 0.15) is 31.4 Å². The van der Waals surface area contributed by atoms with E-state index in [1.165, 1.54) is 13.2 Å². The SMILES string of the molecule is CCC1CCN=NC1c1ccc2nc(-c3ccc(OC)cc3F)oc2c1. The fourth-order valence-electron chi connectivity index (χ4n) is 3.42. The predicted octanol–water partition coefficient (Wildman–Crippen LogP) is 5.57. The van der Waals surface area contributed by atoms with Crippen molar-refractivity contribution in [2.45, 2.75) is 25.8 Å². The van der Waals surface area contributed by atoms with Crippen molar-refractivity contribution in [3.8, 4) is 17.2 Å². The maximum atomic E-state index is 14.3. The molecule has 0 fully saturated rings. The third-order valence-electron chi connectivity index (χ3n) is 4.94. The predicted molar refractivity (Wildman–Crippen MR) is 96.8 cm³/mol. The van der Waals surface area contributed by atoms with Crippen molar-refractivity contribution in [2.75, 3.05) is 13.7 Å². The van der Waals surface area contributed by atoms with Gasteiger partial charge in [-0.05, 0) is 42.2 Å². The molecule has 0 amide bonds. The van der Waals surface area contributed by atoms with E-state index in [2.05, 4.69) is 22.1 Å². The monoisotopic (exact) mass is 353 g/mol. The number of aromatic nitrogens is 1. The van der Waals surface area contributed by atoms with Gasteiger partial charge in [-0.1, -0.05) is 19.4 Å². The number of nitrogens with zero attached hydrogens (tertiary/aromatic N) is 3. The molecule has 5 nitrogen and oxygen atoms in total. The highest BCUT2D eigenvalue weighted by molar-refractivity contribution is 5.77. The first-order valence-corrected chi connectivity index (χ1v) is 8.80. The highest BCUT2D eigenvalue weighted by atomic mass is 19.1. The van der Waals surface area contributed by atoms with E-state index in [-0.39, 0.29) is 11.9 Å². The molecule has 0 spiro atoms. The maximum absolute atomic E-state index is 14.3. The molecule has 0 radical (unpaired) electrons. The molecular formula is C20H20FN3O2. The van der Waals surface area contributed by atoms with Gasteiger partial charge in [-0.15, -0.1) is 0 Å². The van der Waals surface area contributed by atoms with Crippen LogP contribution in [0.4, 0.5) is 4.39 Å². The molecule has 0 saturated heterocycles. The van der Waals surface area contributed by atoms with E-state index in [4.69, 9.17) is 9.15 Å². The average Bonchev–Trinajstić information content (AvgIpc) is 3.10. The summed E-state index contributed by atoms with van der Waals surface area (Å²) in [4.78, 5) is 4.42. The summed E-state index contributed by atoms with van der Waals surface area (Å²) in [7, 11) is 1.50. The van der Waals surface area contributed by atoms with Gasteiger partial charge in [0.25, 0.3) is 0 Å². The summed E-state index contributed by atoms with van der Waals surface area (Å²) in [6.07, 6.45) is 2.10. The topological polar surface area (TPSA) is 60.0 Å². The maximum Gasteiger partial charge on any atom is 0.230 e. The van der Waals surface area contributed by atoms with Crippen LogP contribution in [0.2, 0.25) is 0 Å². The molecule has 134 valence electrons. The van der Waals surface area contributed by atoms with Crippen LogP contribution in [0.3, 0.4) is 0 Å². The highest BCUT2D eigenvalue weighted by Crippen LogP contribution is 2.36. The molecule has 2 unspecified atom stereocenters. The molecular weight excluding hydrogens is 333 g/mol. The molecule has 3 aromatic rings. The van der Waals surface area contributed by atoms with Gasteiger partial charge in [0, 0.05) is 6.07 Å². The van der Waals surface area contributed by atoms with Crippen LogP contribution in [0.5, 0.6) is 5.75 Å². The first-order valence-electron chi connectivity index (χ1n) is 8.80. The average molecular weight is 353 g/mol. The first-order chi connectivity index (χ1) is 12.7. The standard InChI is InChI=1S/C20H20FN3O2/c1-3-12-8-9-22-24-19(12)13-4-7-17-18(10-13)26-20(23-17)15-6-5-14(25-2)11-16(15)21/h4-7,10-12,19H,3,8-9H2,1-2H3. The first kappa shape index (κ1) is 16.7. The van der Waals surface area contributed by atoms with E-state index >= 15 is 0 Å². The fraction of sp³-hybridized carbons (Fsp3) is 0.350. The van der Waals surface area contributed by atoms with Gasteiger partial charge in [-0.25, -0.2) is 9.37 Å². The molecule has 0 aliphatic carbocycles. The van der Waals surface area contributed by atoms with Crippen molar-refractivity contribution in [2.24, 2.45) is 16.1 Å². The third-order valence-corrected chi connectivity index (χ3v) is 4.94. The molecule has 26 heavy (non-hydrogen) atoms. The Bertz CT molecular complexity index is 967. The largest absolute Gasteiger partial charge is 0.497 e. The molecule has 6 heteroatoms. The minimum absolute atomic E-state index is 0.0458. The molecule has 2 aromatic carbocycles. The molecule has 0 N–H and O–H groups in total. The zero-order valence-electron chi connectivity index (χ0n) is 14.8. The molecule has 1 aliphatic heterocycles. The number of benzene rings is 2. The van der Waals surface area contributed by atoms with Gasteiger partial charge in [0.2, 0.25) is 5.89 Å². The number of azo groups is 1. The lowest BCUT2D eigenvalue weighted by Gasteiger charge is -2.24. The van der Waals surface area contributed by atoms with Crippen LogP contribution in [0, 0.1) is 11.7 Å². The van der Waals surface area contributed by atoms with Crippen LogP contribution in [0.15, 0.2) is 51.0 Å². The Kier molecular flexibility index (Phi) is 4.41. The number of halogens is 1. The molecule has 1 aromatic heterocycles. The van der Waals surface area contributed by atoms with Gasteiger partial charge in [0.15, 0.2) is 5.58 Å². The van der Waals surface area contributed by atoms with E-state index in [0.29, 0.717) is 28.3 Å². The number of fused-ring (bicyclic) bond motifs is 1. The number of hydrogen-bond donors (Lipinski definition) is 0. The molecule has 4 rings (SSSR count). The number of oxazole rings is 1. The summed E-state index contributed by atoms with van der Waals surface area (Å²) < 4.78 is 25.2. The van der Waals surface area contributed by atoms with E-state index in [1.54, 1.807) is 12.1 Å². The van der Waals surface area contributed by atoms with E-state index in [0.717, 1.165) is 24.9 Å². The minimum atomic E-state index is -0.428. The molecule has 1 aliphatic rings. The van der Waals surface area contributed by atoms with Crippen molar-refractivity contribution in [3.05, 3.63) is 47.8 Å². The Labute approximate surface area is 150 Å². The Morgan fingerprint density at radius 1 is 1.23 bits per heavy atom. The van der Waals surface area contributed by atoms with Crippen molar-refractivity contribution >= 4 is 11.1 Å². The summed E-state index contributed by atoms with van der Waals surface area (Å²) in [5.41, 5.74) is 2.70. The lowest BCUT2D eigenvalue weighted by Crippen LogP contribution is -2.15. The van der Waals surface area contributed by atoms with E-state index < -0.39 is 5.82 Å². The molecule has 2 atom stereocenters. The van der Waals surface area contributed by atoms with Crippen LogP contribution in [-0.2, 0) is 0 Å². The Morgan fingerprint density at radius 2 is 2.12 bits per heavy atom. The summed E-state index contributed by atoms with van der Waals surface area (Å²) in [6.45, 7) is 2.97. The second-order valence-electron chi connectivity index (χ2n) is 6.47. The third kappa shape index (κ3) is 2.96. The molecule has 0 saturated carbocycles. The van der Waals surface area contributed by atoms with Gasteiger partial charge >= 0.3 is 0 Å².